The number of carbonyl (C=O) groups is 1. The second kappa shape index (κ2) is 7.29. The molecule has 0 radical (unpaired) electrons. The number of hydrogen-bond donors (Lipinski definition) is 2. The molecule has 0 spiro atoms. The maximum absolute atomic E-state index is 12.2. The summed E-state index contributed by atoms with van der Waals surface area (Å²) >= 11 is 0. The largest absolute Gasteiger partial charge is 0.324 e. The van der Waals surface area contributed by atoms with Crippen LogP contribution in [0.3, 0.4) is 0 Å². The van der Waals surface area contributed by atoms with Crippen molar-refractivity contribution in [2.75, 3.05) is 25.0 Å². The van der Waals surface area contributed by atoms with Crippen LogP contribution in [-0.4, -0.2) is 36.6 Å². The predicted octanol–water partition coefficient (Wildman–Crippen LogP) is 2.99. The van der Waals surface area contributed by atoms with Crippen molar-refractivity contribution in [1.29, 1.82) is 0 Å². The molecule has 0 unspecified atom stereocenters. The number of urea groups is 1. The minimum Gasteiger partial charge on any atom is -0.324 e. The van der Waals surface area contributed by atoms with E-state index < -0.39 is 0 Å². The van der Waals surface area contributed by atoms with Gasteiger partial charge in [0.25, 0.3) is 0 Å². The van der Waals surface area contributed by atoms with E-state index in [1.54, 1.807) is 0 Å². The molecule has 2 amide bonds. The molecule has 4 heteroatoms. The van der Waals surface area contributed by atoms with E-state index >= 15 is 0 Å². The number of aryl methyl sites for hydroxylation is 1. The summed E-state index contributed by atoms with van der Waals surface area (Å²) in [5.41, 5.74) is 2.07. The van der Waals surface area contributed by atoms with E-state index in [2.05, 4.69) is 17.6 Å². The van der Waals surface area contributed by atoms with Gasteiger partial charge in [-0.1, -0.05) is 24.6 Å². The lowest BCUT2D eigenvalue weighted by atomic mass is 10.1. The van der Waals surface area contributed by atoms with E-state index in [0.717, 1.165) is 44.6 Å². The average molecular weight is 275 g/mol. The zero-order valence-corrected chi connectivity index (χ0v) is 12.5. The summed E-state index contributed by atoms with van der Waals surface area (Å²) in [4.78, 5) is 14.1. The second-order valence-electron chi connectivity index (χ2n) is 5.51. The van der Waals surface area contributed by atoms with Gasteiger partial charge in [0.15, 0.2) is 0 Å². The van der Waals surface area contributed by atoms with Crippen molar-refractivity contribution in [3.05, 3.63) is 29.8 Å². The number of amides is 2. The predicted molar refractivity (Wildman–Crippen MR) is 83.1 cm³/mol. The van der Waals surface area contributed by atoms with Gasteiger partial charge in [0.1, 0.15) is 0 Å². The molecule has 2 rings (SSSR count). The molecule has 0 saturated carbocycles. The molecule has 20 heavy (non-hydrogen) atoms. The molecule has 110 valence electrons. The van der Waals surface area contributed by atoms with Crippen LogP contribution < -0.4 is 10.6 Å². The molecule has 1 saturated heterocycles. The molecule has 4 nitrogen and oxygen atoms in total. The molecule has 0 aromatic heterocycles. The Hall–Kier alpha value is -1.55. The van der Waals surface area contributed by atoms with E-state index in [4.69, 9.17) is 0 Å². The van der Waals surface area contributed by atoms with Crippen LogP contribution in [0.25, 0.3) is 0 Å². The Kier molecular flexibility index (Phi) is 5.41. The first-order valence-electron chi connectivity index (χ1n) is 7.55. The SMILES string of the molecule is CCCNC1CCN(C(=O)Nc2ccc(C)cc2)CC1. The number of piperidine rings is 1. The minimum atomic E-state index is 0.0165. The number of rotatable bonds is 4. The van der Waals surface area contributed by atoms with Gasteiger partial charge in [-0.3, -0.25) is 0 Å². The third kappa shape index (κ3) is 4.23. The Balaban J connectivity index is 1.78. The topological polar surface area (TPSA) is 44.4 Å². The number of benzene rings is 1. The lowest BCUT2D eigenvalue weighted by Crippen LogP contribution is -2.46. The third-order valence-electron chi connectivity index (χ3n) is 3.77. The normalized spacial score (nSPS) is 16.2. The highest BCUT2D eigenvalue weighted by molar-refractivity contribution is 5.89. The highest BCUT2D eigenvalue weighted by Crippen LogP contribution is 2.14. The Morgan fingerprint density at radius 3 is 2.50 bits per heavy atom. The molecule has 1 heterocycles. The van der Waals surface area contributed by atoms with Gasteiger partial charge in [-0.25, -0.2) is 4.79 Å². The fourth-order valence-corrected chi connectivity index (χ4v) is 2.47. The van der Waals surface area contributed by atoms with Crippen LogP contribution in [0, 0.1) is 6.92 Å². The molecule has 1 aromatic rings. The van der Waals surface area contributed by atoms with E-state index in [1.165, 1.54) is 5.56 Å². The Morgan fingerprint density at radius 1 is 1.25 bits per heavy atom. The number of hydrogen-bond acceptors (Lipinski definition) is 2. The maximum atomic E-state index is 12.2. The standard InChI is InChI=1S/C16H25N3O/c1-3-10-17-14-8-11-19(12-9-14)16(20)18-15-6-4-13(2)5-7-15/h4-7,14,17H,3,8-12H2,1-2H3,(H,18,20). The molecular weight excluding hydrogens is 250 g/mol. The van der Waals surface area contributed by atoms with Crippen molar-refractivity contribution in [2.45, 2.75) is 39.2 Å². The smallest absolute Gasteiger partial charge is 0.321 e. The van der Waals surface area contributed by atoms with Gasteiger partial charge in [-0.15, -0.1) is 0 Å². The summed E-state index contributed by atoms with van der Waals surface area (Å²) in [6.45, 7) is 6.95. The van der Waals surface area contributed by atoms with Crippen LogP contribution in [-0.2, 0) is 0 Å². The zero-order chi connectivity index (χ0) is 14.4. The quantitative estimate of drug-likeness (QED) is 0.887. The van der Waals surface area contributed by atoms with Crippen molar-refractivity contribution >= 4 is 11.7 Å². The maximum Gasteiger partial charge on any atom is 0.321 e. The van der Waals surface area contributed by atoms with E-state index in [9.17, 15) is 4.79 Å². The van der Waals surface area contributed by atoms with Crippen LogP contribution in [0.1, 0.15) is 31.7 Å². The number of carbonyl (C=O) groups excluding carboxylic acids is 1. The molecule has 1 fully saturated rings. The molecule has 0 atom stereocenters. The van der Waals surface area contributed by atoms with Crippen LogP contribution >= 0.6 is 0 Å². The van der Waals surface area contributed by atoms with E-state index in [0.29, 0.717) is 6.04 Å². The molecule has 0 bridgehead atoms. The third-order valence-corrected chi connectivity index (χ3v) is 3.77. The lowest BCUT2D eigenvalue weighted by molar-refractivity contribution is 0.189. The molecule has 0 aliphatic carbocycles. The summed E-state index contributed by atoms with van der Waals surface area (Å²) < 4.78 is 0. The van der Waals surface area contributed by atoms with Crippen molar-refractivity contribution < 1.29 is 4.79 Å². The van der Waals surface area contributed by atoms with Gasteiger partial charge in [-0.05, 0) is 44.9 Å². The Morgan fingerprint density at radius 2 is 1.90 bits per heavy atom. The summed E-state index contributed by atoms with van der Waals surface area (Å²) in [5, 5.41) is 6.49. The monoisotopic (exact) mass is 275 g/mol. The molecule has 1 aromatic carbocycles. The van der Waals surface area contributed by atoms with Crippen molar-refractivity contribution in [3.63, 3.8) is 0 Å². The zero-order valence-electron chi connectivity index (χ0n) is 12.5. The molecular formula is C16H25N3O. The van der Waals surface area contributed by atoms with Gasteiger partial charge in [-0.2, -0.15) is 0 Å². The number of anilines is 1. The highest BCUT2D eigenvalue weighted by atomic mass is 16.2. The number of nitrogens with one attached hydrogen (secondary N) is 2. The van der Waals surface area contributed by atoms with Crippen molar-refractivity contribution in [3.8, 4) is 0 Å². The summed E-state index contributed by atoms with van der Waals surface area (Å²) in [6, 6.07) is 8.50. The minimum absolute atomic E-state index is 0.0165. The van der Waals surface area contributed by atoms with Crippen LogP contribution in [0.4, 0.5) is 10.5 Å². The van der Waals surface area contributed by atoms with Gasteiger partial charge >= 0.3 is 6.03 Å². The van der Waals surface area contributed by atoms with E-state index in [-0.39, 0.29) is 6.03 Å². The number of likely N-dealkylation sites (tertiary alicyclic amines) is 1. The van der Waals surface area contributed by atoms with E-state index in [1.807, 2.05) is 36.1 Å². The fraction of sp³-hybridized carbons (Fsp3) is 0.562. The number of nitrogens with zero attached hydrogens (tertiary/aromatic N) is 1. The first-order chi connectivity index (χ1) is 9.69. The van der Waals surface area contributed by atoms with Gasteiger partial charge in [0.05, 0.1) is 0 Å². The van der Waals surface area contributed by atoms with Crippen molar-refractivity contribution in [1.82, 2.24) is 10.2 Å². The van der Waals surface area contributed by atoms with Gasteiger partial charge in [0, 0.05) is 24.8 Å². The highest BCUT2D eigenvalue weighted by Gasteiger charge is 2.22. The first kappa shape index (κ1) is 14.9. The summed E-state index contributed by atoms with van der Waals surface area (Å²) in [5.74, 6) is 0. The summed E-state index contributed by atoms with van der Waals surface area (Å²) in [7, 11) is 0. The molecule has 1 aliphatic rings. The summed E-state index contributed by atoms with van der Waals surface area (Å²) in [6.07, 6.45) is 3.25. The second-order valence-corrected chi connectivity index (χ2v) is 5.51. The lowest BCUT2D eigenvalue weighted by Gasteiger charge is -2.32. The van der Waals surface area contributed by atoms with Gasteiger partial charge < -0.3 is 15.5 Å². The molecule has 1 aliphatic heterocycles. The first-order valence-corrected chi connectivity index (χ1v) is 7.55. The van der Waals surface area contributed by atoms with Crippen LogP contribution in [0.15, 0.2) is 24.3 Å². The Labute approximate surface area is 121 Å². The van der Waals surface area contributed by atoms with Crippen LogP contribution in [0.5, 0.6) is 0 Å². The van der Waals surface area contributed by atoms with Crippen LogP contribution in [0.2, 0.25) is 0 Å². The van der Waals surface area contributed by atoms with Gasteiger partial charge in [0.2, 0.25) is 0 Å². The Bertz CT molecular complexity index is 422. The van der Waals surface area contributed by atoms with Crippen molar-refractivity contribution in [2.24, 2.45) is 0 Å². The molecule has 2 N–H and O–H groups in total. The fourth-order valence-electron chi connectivity index (χ4n) is 2.47. The average Bonchev–Trinajstić information content (AvgIpc) is 2.48.